The number of nitrogens with one attached hydrogen (secondary N) is 1. The van der Waals surface area contributed by atoms with Gasteiger partial charge in [0.2, 0.25) is 11.8 Å². The SMILES string of the molecule is C=CC(=O)N1CC(C)N2c3nc(=O)n(-c4c(C)ccnc4C(C)C)c4nc(-c5c(O)cccc5Cl)c(F)c(c34)N(C)CC2C1.C=CC(=O)N1CC(C)N2c3nc(=O)n(-c4c(C)ccnc4C(C)C)c4nc(-c5c(O)cccc5Cl)c(F)c(c34)NCC2C1. The van der Waals surface area contributed by atoms with E-state index in [-0.39, 0.29) is 133 Å². The van der Waals surface area contributed by atoms with Crippen molar-refractivity contribution in [2.75, 3.05) is 66.3 Å². The van der Waals surface area contributed by atoms with Gasteiger partial charge in [0.25, 0.3) is 0 Å². The summed E-state index contributed by atoms with van der Waals surface area (Å²) in [6, 6.07) is 11.4. The Morgan fingerprint density at radius 3 is 1.56 bits per heavy atom. The molecular weight excluding hydrogens is 1160 g/mol. The summed E-state index contributed by atoms with van der Waals surface area (Å²) in [5, 5.41) is 25.7. The van der Waals surface area contributed by atoms with Crippen LogP contribution in [0, 0.1) is 25.5 Å². The number of amides is 2. The number of carbonyl (C=O) groups is 2. The maximum Gasteiger partial charge on any atom is 0.355 e. The highest BCUT2D eigenvalue weighted by Crippen LogP contribution is 2.48. The summed E-state index contributed by atoms with van der Waals surface area (Å²) in [5.74, 6) is -1.93. The highest BCUT2D eigenvalue weighted by atomic mass is 35.5. The van der Waals surface area contributed by atoms with E-state index in [1.807, 2.05) is 65.2 Å². The molecule has 0 spiro atoms. The Kier molecular flexibility index (Phi) is 15.8. The first-order valence-corrected chi connectivity index (χ1v) is 29.3. The van der Waals surface area contributed by atoms with E-state index in [4.69, 9.17) is 33.2 Å². The van der Waals surface area contributed by atoms with Gasteiger partial charge < -0.3 is 40.0 Å². The van der Waals surface area contributed by atoms with Crippen LogP contribution in [-0.2, 0) is 9.59 Å². The molecular formula is C63H64Cl2F2N14O6. The van der Waals surface area contributed by atoms with Gasteiger partial charge in [-0.1, -0.05) is 76.2 Å². The fourth-order valence-corrected chi connectivity index (χ4v) is 13.3. The molecule has 87 heavy (non-hydrogen) atoms. The lowest BCUT2D eigenvalue weighted by molar-refractivity contribution is -0.128. The van der Waals surface area contributed by atoms with Crippen molar-refractivity contribution in [1.29, 1.82) is 0 Å². The molecule has 6 aromatic heterocycles. The Morgan fingerprint density at radius 1 is 0.644 bits per heavy atom. The molecule has 2 aromatic carbocycles. The number of aryl methyl sites for hydroxylation is 2. The van der Waals surface area contributed by atoms with Gasteiger partial charge in [-0.15, -0.1) is 0 Å². The number of piperazine rings is 2. The number of hydrogen-bond acceptors (Lipinski definition) is 16. The van der Waals surface area contributed by atoms with E-state index >= 15 is 8.78 Å². The molecule has 4 aliphatic rings. The minimum atomic E-state index is -0.748. The molecule has 8 aromatic rings. The largest absolute Gasteiger partial charge is 0.507 e. The van der Waals surface area contributed by atoms with Crippen LogP contribution in [-0.4, -0.2) is 141 Å². The third-order valence-corrected chi connectivity index (χ3v) is 17.2. The topological polar surface area (TPSA) is 224 Å². The van der Waals surface area contributed by atoms with E-state index in [2.05, 4.69) is 38.4 Å². The number of anilines is 4. The molecule has 450 valence electrons. The number of carbonyl (C=O) groups excluding carboxylic acids is 2. The van der Waals surface area contributed by atoms with Crippen molar-refractivity contribution in [1.82, 2.24) is 48.8 Å². The maximum absolute atomic E-state index is 17.0. The first kappa shape index (κ1) is 59.7. The highest BCUT2D eigenvalue weighted by Gasteiger charge is 2.43. The molecule has 0 radical (unpaired) electrons. The molecule has 24 heteroatoms. The van der Waals surface area contributed by atoms with Crippen molar-refractivity contribution in [2.24, 2.45) is 0 Å². The number of phenols is 2. The van der Waals surface area contributed by atoms with Gasteiger partial charge in [0.1, 0.15) is 34.5 Å². The van der Waals surface area contributed by atoms with E-state index in [1.165, 1.54) is 39.5 Å². The lowest BCUT2D eigenvalue weighted by Crippen LogP contribution is -2.61. The quantitative estimate of drug-likeness (QED) is 0.120. The summed E-state index contributed by atoms with van der Waals surface area (Å²) in [7, 11) is 1.75. The second-order valence-electron chi connectivity index (χ2n) is 23.1. The lowest BCUT2D eigenvalue weighted by atomic mass is 10.0. The van der Waals surface area contributed by atoms with Crippen LogP contribution in [0.2, 0.25) is 10.0 Å². The number of aromatic nitrogens is 8. The zero-order chi connectivity index (χ0) is 62.3. The van der Waals surface area contributed by atoms with Crippen LogP contribution in [0.15, 0.2) is 95.8 Å². The van der Waals surface area contributed by atoms with Gasteiger partial charge in [-0.2, -0.15) is 9.97 Å². The Hall–Kier alpha value is -9.02. The van der Waals surface area contributed by atoms with E-state index in [1.54, 1.807) is 64.5 Å². The second kappa shape index (κ2) is 23.0. The van der Waals surface area contributed by atoms with Gasteiger partial charge in [0, 0.05) is 70.8 Å². The van der Waals surface area contributed by atoms with Crippen LogP contribution >= 0.6 is 23.2 Å². The molecule has 2 saturated heterocycles. The van der Waals surface area contributed by atoms with Crippen molar-refractivity contribution in [3.8, 4) is 45.4 Å². The number of fused-ring (bicyclic) bond motifs is 4. The van der Waals surface area contributed by atoms with Crippen LogP contribution in [0.25, 0.3) is 56.0 Å². The number of nitrogens with zero attached hydrogens (tertiary/aromatic N) is 13. The monoisotopic (exact) mass is 1220 g/mol. The smallest absolute Gasteiger partial charge is 0.355 e. The van der Waals surface area contributed by atoms with Crippen LogP contribution in [0.3, 0.4) is 0 Å². The Morgan fingerprint density at radius 2 is 1.09 bits per heavy atom. The molecule has 4 atom stereocenters. The summed E-state index contributed by atoms with van der Waals surface area (Å²) in [4.78, 5) is 90.6. The molecule has 10 heterocycles. The number of benzene rings is 2. The molecule has 12 rings (SSSR count). The van der Waals surface area contributed by atoms with Gasteiger partial charge in [-0.25, -0.2) is 37.5 Å². The van der Waals surface area contributed by atoms with E-state index in [9.17, 15) is 29.4 Å². The van der Waals surface area contributed by atoms with E-state index in [0.29, 0.717) is 66.3 Å². The molecule has 2 amide bonds. The van der Waals surface area contributed by atoms with Crippen LogP contribution in [0.1, 0.15) is 75.9 Å². The predicted molar refractivity (Wildman–Crippen MR) is 334 cm³/mol. The average Bonchev–Trinajstić information content (AvgIpc) is 1.73. The van der Waals surface area contributed by atoms with Crippen LogP contribution in [0.5, 0.6) is 11.5 Å². The van der Waals surface area contributed by atoms with Crippen molar-refractivity contribution >= 4 is 80.1 Å². The second-order valence-corrected chi connectivity index (χ2v) is 23.9. The minimum Gasteiger partial charge on any atom is -0.507 e. The van der Waals surface area contributed by atoms with Crippen molar-refractivity contribution in [2.45, 2.75) is 91.4 Å². The summed E-state index contributed by atoms with van der Waals surface area (Å²) in [5.41, 5.74) is 2.79. The van der Waals surface area contributed by atoms with Gasteiger partial charge in [-0.3, -0.25) is 19.6 Å². The molecule has 4 aliphatic heterocycles. The number of likely N-dealkylation sites (N-methyl/N-ethyl adjacent to an activating group) is 1. The van der Waals surface area contributed by atoms with Gasteiger partial charge in [-0.05, 0) is 99.2 Å². The van der Waals surface area contributed by atoms with E-state index in [0.717, 1.165) is 11.1 Å². The fraction of sp³-hybridized carbons (Fsp3) is 0.333. The molecule has 0 saturated carbocycles. The average molecular weight is 1220 g/mol. The molecule has 20 nitrogen and oxygen atoms in total. The Balaban J connectivity index is 0.000000180. The predicted octanol–water partition coefficient (Wildman–Crippen LogP) is 9.60. The first-order valence-electron chi connectivity index (χ1n) is 28.5. The number of pyridine rings is 4. The minimum absolute atomic E-state index is 0.00376. The fourth-order valence-electron chi connectivity index (χ4n) is 12.8. The molecule has 2 fully saturated rings. The summed E-state index contributed by atoms with van der Waals surface area (Å²) < 4.78 is 36.4. The Labute approximate surface area is 509 Å². The van der Waals surface area contributed by atoms with Crippen molar-refractivity contribution in [3.05, 3.63) is 151 Å². The maximum atomic E-state index is 17.0. The van der Waals surface area contributed by atoms with Crippen molar-refractivity contribution < 1.29 is 28.6 Å². The van der Waals surface area contributed by atoms with Crippen LogP contribution < -0.4 is 31.4 Å². The van der Waals surface area contributed by atoms with E-state index < -0.39 is 23.0 Å². The standard InChI is InChI=1S/C32H33ClFN7O3.C31H31ClFN7O3/c1-7-22(43)39-13-18(5)40-19(15-39)14-38(6)29-24-30(36-27(25(29)34)23-20(33)9-8-10-21(23)42)41(32(44)37-31(24)40)28-17(4)11-12-35-26(28)16(2)3;1-6-21(42)38-13-17(5)39-18(14-38)12-35-26-23-29(36-27(24(26)33)22-19(32)8-7-9-20(22)41)40(31(43)37-30(23)39)28-16(4)10-11-34-25(28)15(2)3/h7-12,16,18-19,42H,1,13-15H2,2-6H3;6-11,15,17-18,35,41H,1,12-14H2,2-5H3. The normalized spacial score (nSPS) is 18.0. The van der Waals surface area contributed by atoms with Crippen molar-refractivity contribution in [3.63, 3.8) is 0 Å². The molecule has 3 N–H and O–H groups in total. The molecule has 0 bridgehead atoms. The van der Waals surface area contributed by atoms with Gasteiger partial charge in [0.05, 0.1) is 78.2 Å². The number of halogens is 4. The molecule has 0 aliphatic carbocycles. The third-order valence-electron chi connectivity index (χ3n) is 16.6. The third kappa shape index (κ3) is 10.0. The zero-order valence-electron chi connectivity index (χ0n) is 49.4. The summed E-state index contributed by atoms with van der Waals surface area (Å²) in [6.45, 7) is 24.7. The number of rotatable bonds is 8. The number of aromatic hydroxyl groups is 2. The number of hydrogen-bond donors (Lipinski definition) is 3. The summed E-state index contributed by atoms with van der Waals surface area (Å²) >= 11 is 13.0. The molecule has 4 unspecified atom stereocenters. The first-order chi connectivity index (χ1) is 41.5. The van der Waals surface area contributed by atoms with Gasteiger partial charge >= 0.3 is 11.4 Å². The number of phenolic OH excluding ortho intramolecular Hbond substituents is 2. The lowest BCUT2D eigenvalue weighted by Gasteiger charge is -2.46. The summed E-state index contributed by atoms with van der Waals surface area (Å²) in [6.07, 6.45) is 5.92. The van der Waals surface area contributed by atoms with Crippen LogP contribution in [0.4, 0.5) is 31.8 Å². The zero-order valence-corrected chi connectivity index (χ0v) is 50.9. The van der Waals surface area contributed by atoms with Gasteiger partial charge in [0.15, 0.2) is 22.9 Å². The highest BCUT2D eigenvalue weighted by molar-refractivity contribution is 6.34. The Bertz CT molecular complexity index is 4290.